The molecule has 2 aromatic rings. The summed E-state index contributed by atoms with van der Waals surface area (Å²) in [5, 5.41) is 0. The zero-order chi connectivity index (χ0) is 11.4. The van der Waals surface area contributed by atoms with Gasteiger partial charge in [-0.25, -0.2) is 9.97 Å². The van der Waals surface area contributed by atoms with E-state index in [1.54, 1.807) is 0 Å². The van der Waals surface area contributed by atoms with Crippen molar-refractivity contribution in [2.75, 3.05) is 0 Å². The van der Waals surface area contributed by atoms with E-state index in [9.17, 15) is 4.79 Å². The highest BCUT2D eigenvalue weighted by Gasteiger charge is 2.02. The van der Waals surface area contributed by atoms with E-state index in [1.807, 2.05) is 24.3 Å². The van der Waals surface area contributed by atoms with E-state index in [0.717, 1.165) is 16.3 Å². The lowest BCUT2D eigenvalue weighted by molar-refractivity contribution is 0.112. The van der Waals surface area contributed by atoms with Crippen molar-refractivity contribution < 1.29 is 4.79 Å². The number of hydrogen-bond donors (Lipinski definition) is 0. The average Bonchev–Trinajstić information content (AvgIpc) is 2.33. The molecular formula is C12H9BrN2O. The number of aldehydes is 1. The van der Waals surface area contributed by atoms with Crippen LogP contribution in [0, 0.1) is 0 Å². The lowest BCUT2D eigenvalue weighted by Gasteiger charge is -2.02. The van der Waals surface area contributed by atoms with Gasteiger partial charge in [0.2, 0.25) is 0 Å². The number of carbonyl (C=O) groups excluding carboxylic acids is 1. The Morgan fingerprint density at radius 1 is 1.19 bits per heavy atom. The Labute approximate surface area is 102 Å². The number of nitrogens with zero attached hydrogens (tertiary/aromatic N) is 2. The number of benzene rings is 1. The van der Waals surface area contributed by atoms with E-state index in [1.165, 1.54) is 12.4 Å². The van der Waals surface area contributed by atoms with Crippen molar-refractivity contribution in [3.8, 4) is 0 Å². The Balaban J connectivity index is 2.21. The van der Waals surface area contributed by atoms with Crippen LogP contribution in [0.5, 0.6) is 0 Å². The average molecular weight is 277 g/mol. The third kappa shape index (κ3) is 2.52. The highest BCUT2D eigenvalue weighted by Crippen LogP contribution is 2.17. The first-order chi connectivity index (χ1) is 7.79. The van der Waals surface area contributed by atoms with E-state index in [-0.39, 0.29) is 0 Å². The van der Waals surface area contributed by atoms with Crippen molar-refractivity contribution in [1.29, 1.82) is 0 Å². The van der Waals surface area contributed by atoms with E-state index in [2.05, 4.69) is 25.9 Å². The Bertz CT molecular complexity index is 497. The van der Waals surface area contributed by atoms with Crippen molar-refractivity contribution in [3.05, 3.63) is 58.1 Å². The molecule has 80 valence electrons. The summed E-state index contributed by atoms with van der Waals surface area (Å²) < 4.78 is 1.04. The zero-order valence-electron chi connectivity index (χ0n) is 8.43. The lowest BCUT2D eigenvalue weighted by atomic mass is 10.1. The van der Waals surface area contributed by atoms with Crippen molar-refractivity contribution in [2.24, 2.45) is 0 Å². The molecule has 2 rings (SSSR count). The van der Waals surface area contributed by atoms with Gasteiger partial charge in [-0.15, -0.1) is 0 Å². The lowest BCUT2D eigenvalue weighted by Crippen LogP contribution is -1.98. The van der Waals surface area contributed by atoms with Crippen LogP contribution >= 0.6 is 15.9 Å². The highest BCUT2D eigenvalue weighted by atomic mass is 79.9. The van der Waals surface area contributed by atoms with Gasteiger partial charge in [0.05, 0.1) is 5.56 Å². The van der Waals surface area contributed by atoms with E-state index in [0.29, 0.717) is 17.8 Å². The summed E-state index contributed by atoms with van der Waals surface area (Å²) in [6, 6.07) is 7.93. The van der Waals surface area contributed by atoms with Crippen LogP contribution in [-0.4, -0.2) is 16.3 Å². The van der Waals surface area contributed by atoms with Crippen LogP contribution in [0.2, 0.25) is 0 Å². The topological polar surface area (TPSA) is 42.9 Å². The zero-order valence-corrected chi connectivity index (χ0v) is 10.0. The normalized spacial score (nSPS) is 10.1. The van der Waals surface area contributed by atoms with Gasteiger partial charge in [0.15, 0.2) is 6.29 Å². The van der Waals surface area contributed by atoms with E-state index >= 15 is 0 Å². The van der Waals surface area contributed by atoms with Crippen LogP contribution in [0.25, 0.3) is 0 Å². The van der Waals surface area contributed by atoms with Crippen molar-refractivity contribution >= 4 is 22.2 Å². The SMILES string of the molecule is O=Cc1cnc(Cc2ccccc2Br)nc1. The number of halogens is 1. The molecule has 0 bridgehead atoms. The predicted molar refractivity (Wildman–Crippen MR) is 64.4 cm³/mol. The largest absolute Gasteiger partial charge is 0.298 e. The summed E-state index contributed by atoms with van der Waals surface area (Å²) in [6.45, 7) is 0. The summed E-state index contributed by atoms with van der Waals surface area (Å²) in [5.74, 6) is 0.706. The Morgan fingerprint density at radius 2 is 1.88 bits per heavy atom. The maximum atomic E-state index is 10.4. The second-order valence-corrected chi connectivity index (χ2v) is 4.17. The molecule has 3 nitrogen and oxygen atoms in total. The van der Waals surface area contributed by atoms with E-state index < -0.39 is 0 Å². The van der Waals surface area contributed by atoms with Gasteiger partial charge in [-0.05, 0) is 11.6 Å². The minimum absolute atomic E-state index is 0.496. The Hall–Kier alpha value is -1.55. The molecule has 0 aliphatic carbocycles. The van der Waals surface area contributed by atoms with Gasteiger partial charge >= 0.3 is 0 Å². The standard InChI is InChI=1S/C12H9BrN2O/c13-11-4-2-1-3-10(11)5-12-14-6-9(8-16)7-15-12/h1-4,6-8H,5H2. The van der Waals surface area contributed by atoms with Gasteiger partial charge in [-0.1, -0.05) is 34.1 Å². The number of aromatic nitrogens is 2. The van der Waals surface area contributed by atoms with E-state index in [4.69, 9.17) is 0 Å². The Kier molecular flexibility index (Phi) is 3.41. The molecule has 0 aliphatic rings. The molecule has 0 amide bonds. The molecule has 0 atom stereocenters. The molecule has 0 saturated carbocycles. The minimum Gasteiger partial charge on any atom is -0.298 e. The second-order valence-electron chi connectivity index (χ2n) is 3.32. The maximum absolute atomic E-state index is 10.4. The molecule has 0 unspecified atom stereocenters. The maximum Gasteiger partial charge on any atom is 0.153 e. The smallest absolute Gasteiger partial charge is 0.153 e. The van der Waals surface area contributed by atoms with Crippen molar-refractivity contribution in [1.82, 2.24) is 9.97 Å². The van der Waals surface area contributed by atoms with Crippen LogP contribution in [0.4, 0.5) is 0 Å². The van der Waals surface area contributed by atoms with Crippen LogP contribution < -0.4 is 0 Å². The molecule has 1 aromatic carbocycles. The third-order valence-electron chi connectivity index (χ3n) is 2.17. The number of rotatable bonds is 3. The fourth-order valence-electron chi connectivity index (χ4n) is 1.33. The molecule has 16 heavy (non-hydrogen) atoms. The van der Waals surface area contributed by atoms with Crippen LogP contribution in [0.3, 0.4) is 0 Å². The van der Waals surface area contributed by atoms with Gasteiger partial charge in [0, 0.05) is 23.3 Å². The fourth-order valence-corrected chi connectivity index (χ4v) is 1.75. The van der Waals surface area contributed by atoms with Crippen molar-refractivity contribution in [3.63, 3.8) is 0 Å². The van der Waals surface area contributed by atoms with Crippen LogP contribution in [-0.2, 0) is 6.42 Å². The summed E-state index contributed by atoms with van der Waals surface area (Å²) in [5.41, 5.74) is 1.62. The summed E-state index contributed by atoms with van der Waals surface area (Å²) in [4.78, 5) is 18.7. The van der Waals surface area contributed by atoms with Gasteiger partial charge in [-0.3, -0.25) is 4.79 Å². The molecule has 0 spiro atoms. The summed E-state index contributed by atoms with van der Waals surface area (Å²) in [7, 11) is 0. The van der Waals surface area contributed by atoms with Crippen molar-refractivity contribution in [2.45, 2.75) is 6.42 Å². The molecule has 4 heteroatoms. The molecule has 0 fully saturated rings. The number of carbonyl (C=O) groups is 1. The quantitative estimate of drug-likeness (QED) is 0.810. The molecule has 0 saturated heterocycles. The Morgan fingerprint density at radius 3 is 2.50 bits per heavy atom. The number of hydrogen-bond acceptors (Lipinski definition) is 3. The van der Waals surface area contributed by atoms with Crippen LogP contribution in [0.1, 0.15) is 21.7 Å². The first-order valence-electron chi connectivity index (χ1n) is 4.79. The predicted octanol–water partition coefficient (Wildman–Crippen LogP) is 2.64. The minimum atomic E-state index is 0.496. The second kappa shape index (κ2) is 4.99. The molecule has 1 heterocycles. The molecule has 0 N–H and O–H groups in total. The molecule has 0 aliphatic heterocycles. The summed E-state index contributed by atoms with van der Waals surface area (Å²) in [6.07, 6.45) is 4.46. The highest BCUT2D eigenvalue weighted by molar-refractivity contribution is 9.10. The van der Waals surface area contributed by atoms with Gasteiger partial charge in [-0.2, -0.15) is 0 Å². The monoisotopic (exact) mass is 276 g/mol. The molecular weight excluding hydrogens is 268 g/mol. The first-order valence-corrected chi connectivity index (χ1v) is 5.58. The third-order valence-corrected chi connectivity index (χ3v) is 2.94. The first kappa shape index (κ1) is 11.0. The van der Waals surface area contributed by atoms with Gasteiger partial charge < -0.3 is 0 Å². The van der Waals surface area contributed by atoms with Gasteiger partial charge in [0.1, 0.15) is 5.82 Å². The molecule has 1 aromatic heterocycles. The summed E-state index contributed by atoms with van der Waals surface area (Å²) >= 11 is 3.47. The fraction of sp³-hybridized carbons (Fsp3) is 0.0833. The van der Waals surface area contributed by atoms with Crippen LogP contribution in [0.15, 0.2) is 41.1 Å². The van der Waals surface area contributed by atoms with Gasteiger partial charge in [0.25, 0.3) is 0 Å². The molecule has 0 radical (unpaired) electrons.